The number of unbranched alkanes of at least 4 members (excludes halogenated alkanes) is 1. The van der Waals surface area contributed by atoms with Crippen molar-refractivity contribution >= 4 is 22.0 Å². The SMILES string of the molecule is CCCCN(CC)c1sc([C@@H](C)O)cc1[N+](=O)[O-]. The topological polar surface area (TPSA) is 66.6 Å². The first-order valence-electron chi connectivity index (χ1n) is 6.22. The van der Waals surface area contributed by atoms with E-state index in [0.717, 1.165) is 25.9 Å². The van der Waals surface area contributed by atoms with Crippen molar-refractivity contribution in [2.45, 2.75) is 39.7 Å². The normalized spacial score (nSPS) is 12.4. The molecule has 0 fully saturated rings. The van der Waals surface area contributed by atoms with E-state index in [9.17, 15) is 15.2 Å². The van der Waals surface area contributed by atoms with Crippen molar-refractivity contribution in [3.8, 4) is 0 Å². The van der Waals surface area contributed by atoms with Gasteiger partial charge in [-0.1, -0.05) is 13.3 Å². The zero-order valence-corrected chi connectivity index (χ0v) is 11.9. The molecule has 1 aromatic rings. The molecule has 1 N–H and O–H groups in total. The first-order chi connectivity index (χ1) is 8.51. The molecule has 0 saturated carbocycles. The minimum Gasteiger partial charge on any atom is -0.388 e. The Hall–Kier alpha value is -1.14. The molecule has 0 aliphatic rings. The summed E-state index contributed by atoms with van der Waals surface area (Å²) in [5.74, 6) is 0. The van der Waals surface area contributed by atoms with Gasteiger partial charge in [-0.3, -0.25) is 10.1 Å². The lowest BCUT2D eigenvalue weighted by atomic mass is 10.3. The van der Waals surface area contributed by atoms with Crippen LogP contribution in [0, 0.1) is 10.1 Å². The second-order valence-electron chi connectivity index (χ2n) is 4.21. The zero-order valence-electron chi connectivity index (χ0n) is 11.0. The molecule has 0 aromatic carbocycles. The highest BCUT2D eigenvalue weighted by molar-refractivity contribution is 7.16. The highest BCUT2D eigenvalue weighted by atomic mass is 32.1. The summed E-state index contributed by atoms with van der Waals surface area (Å²) in [6.07, 6.45) is 1.40. The van der Waals surface area contributed by atoms with Crippen LogP contribution < -0.4 is 4.90 Å². The number of aliphatic hydroxyl groups excluding tert-OH is 1. The van der Waals surface area contributed by atoms with Crippen LogP contribution in [0.25, 0.3) is 0 Å². The van der Waals surface area contributed by atoms with Gasteiger partial charge in [0.25, 0.3) is 0 Å². The molecule has 0 aliphatic carbocycles. The van der Waals surface area contributed by atoms with Crippen LogP contribution >= 0.6 is 11.3 Å². The van der Waals surface area contributed by atoms with Crippen LogP contribution in [-0.4, -0.2) is 23.1 Å². The summed E-state index contributed by atoms with van der Waals surface area (Å²) in [5, 5.41) is 21.3. The summed E-state index contributed by atoms with van der Waals surface area (Å²) in [6, 6.07) is 1.49. The van der Waals surface area contributed by atoms with Gasteiger partial charge in [0.05, 0.1) is 11.0 Å². The van der Waals surface area contributed by atoms with Crippen molar-refractivity contribution in [3.05, 3.63) is 21.1 Å². The van der Waals surface area contributed by atoms with Gasteiger partial charge >= 0.3 is 5.69 Å². The van der Waals surface area contributed by atoms with E-state index >= 15 is 0 Å². The molecule has 1 atom stereocenters. The molecule has 0 amide bonds. The summed E-state index contributed by atoms with van der Waals surface area (Å²) < 4.78 is 0. The molecule has 0 unspecified atom stereocenters. The van der Waals surface area contributed by atoms with Gasteiger partial charge in [-0.05, 0) is 20.3 Å². The van der Waals surface area contributed by atoms with Crippen molar-refractivity contribution in [3.63, 3.8) is 0 Å². The number of thiophene rings is 1. The fourth-order valence-corrected chi connectivity index (χ4v) is 2.86. The predicted octanol–water partition coefficient (Wildman–Crippen LogP) is 3.34. The van der Waals surface area contributed by atoms with Crippen LogP contribution in [0.2, 0.25) is 0 Å². The highest BCUT2D eigenvalue weighted by Crippen LogP contribution is 2.40. The number of anilines is 1. The number of nitro groups is 1. The molecule has 18 heavy (non-hydrogen) atoms. The van der Waals surface area contributed by atoms with Gasteiger partial charge in [-0.2, -0.15) is 0 Å². The molecule has 0 aliphatic heterocycles. The maximum absolute atomic E-state index is 11.1. The zero-order chi connectivity index (χ0) is 13.7. The maximum Gasteiger partial charge on any atom is 0.304 e. The van der Waals surface area contributed by atoms with Crippen LogP contribution in [0.5, 0.6) is 0 Å². The molecular weight excluding hydrogens is 252 g/mol. The molecule has 6 heteroatoms. The third-order valence-corrected chi connectivity index (χ3v) is 4.13. The fraction of sp³-hybridized carbons (Fsp3) is 0.667. The summed E-state index contributed by atoms with van der Waals surface area (Å²) in [7, 11) is 0. The summed E-state index contributed by atoms with van der Waals surface area (Å²) in [5.41, 5.74) is 0.105. The average Bonchev–Trinajstić information content (AvgIpc) is 2.75. The van der Waals surface area contributed by atoms with E-state index in [-0.39, 0.29) is 10.6 Å². The van der Waals surface area contributed by atoms with Crippen LogP contribution in [0.1, 0.15) is 44.6 Å². The van der Waals surface area contributed by atoms with E-state index in [0.29, 0.717) is 9.88 Å². The molecule has 0 saturated heterocycles. The van der Waals surface area contributed by atoms with Gasteiger partial charge in [0, 0.05) is 24.0 Å². The van der Waals surface area contributed by atoms with Crippen molar-refractivity contribution in [1.29, 1.82) is 0 Å². The largest absolute Gasteiger partial charge is 0.388 e. The summed E-state index contributed by atoms with van der Waals surface area (Å²) in [6.45, 7) is 7.26. The number of nitrogens with zero attached hydrogens (tertiary/aromatic N) is 2. The van der Waals surface area contributed by atoms with Gasteiger partial charge < -0.3 is 10.0 Å². The molecule has 102 valence electrons. The molecule has 1 heterocycles. The second kappa shape index (κ2) is 6.70. The van der Waals surface area contributed by atoms with E-state index in [4.69, 9.17) is 0 Å². The van der Waals surface area contributed by atoms with Gasteiger partial charge in [-0.25, -0.2) is 0 Å². The Bertz CT molecular complexity index is 404. The Morgan fingerprint density at radius 2 is 2.22 bits per heavy atom. The molecule has 5 nitrogen and oxygen atoms in total. The van der Waals surface area contributed by atoms with Gasteiger partial charge in [0.1, 0.15) is 0 Å². The van der Waals surface area contributed by atoms with Crippen molar-refractivity contribution in [2.24, 2.45) is 0 Å². The van der Waals surface area contributed by atoms with E-state index < -0.39 is 6.10 Å². The van der Waals surface area contributed by atoms with Crippen molar-refractivity contribution in [1.82, 2.24) is 0 Å². The second-order valence-corrected chi connectivity index (χ2v) is 5.27. The predicted molar refractivity (Wildman–Crippen MR) is 74.4 cm³/mol. The lowest BCUT2D eigenvalue weighted by Crippen LogP contribution is -2.23. The van der Waals surface area contributed by atoms with E-state index in [2.05, 4.69) is 6.92 Å². The Balaban J connectivity index is 3.06. The van der Waals surface area contributed by atoms with Crippen LogP contribution in [-0.2, 0) is 0 Å². The standard InChI is InChI=1S/C12H20N2O3S/c1-4-6-7-13(5-2)12-10(14(16)17)8-11(18-12)9(3)15/h8-9,15H,4-7H2,1-3H3/t9-/m1/s1. The fourth-order valence-electron chi connectivity index (χ4n) is 1.71. The Labute approximate surface area is 111 Å². The lowest BCUT2D eigenvalue weighted by Gasteiger charge is -2.20. The number of aliphatic hydroxyl groups is 1. The highest BCUT2D eigenvalue weighted by Gasteiger charge is 2.24. The first-order valence-corrected chi connectivity index (χ1v) is 7.04. The van der Waals surface area contributed by atoms with Gasteiger partial charge in [0.2, 0.25) is 0 Å². The average molecular weight is 272 g/mol. The van der Waals surface area contributed by atoms with Crippen molar-refractivity contribution in [2.75, 3.05) is 18.0 Å². The maximum atomic E-state index is 11.1. The van der Waals surface area contributed by atoms with Gasteiger partial charge in [-0.15, -0.1) is 11.3 Å². The minimum atomic E-state index is -0.660. The number of hydrogen-bond donors (Lipinski definition) is 1. The third kappa shape index (κ3) is 3.43. The Morgan fingerprint density at radius 1 is 1.56 bits per heavy atom. The van der Waals surface area contributed by atoms with Crippen LogP contribution in [0.4, 0.5) is 10.7 Å². The van der Waals surface area contributed by atoms with E-state index in [1.54, 1.807) is 6.92 Å². The minimum absolute atomic E-state index is 0.105. The third-order valence-electron chi connectivity index (χ3n) is 2.77. The first kappa shape index (κ1) is 14.9. The van der Waals surface area contributed by atoms with E-state index in [1.165, 1.54) is 17.4 Å². The smallest absolute Gasteiger partial charge is 0.304 e. The monoisotopic (exact) mass is 272 g/mol. The Morgan fingerprint density at radius 3 is 2.67 bits per heavy atom. The molecule has 0 radical (unpaired) electrons. The summed E-state index contributed by atoms with van der Waals surface area (Å²) in [4.78, 5) is 13.3. The molecule has 1 rings (SSSR count). The van der Waals surface area contributed by atoms with Crippen LogP contribution in [0.15, 0.2) is 6.07 Å². The molecule has 0 spiro atoms. The quantitative estimate of drug-likeness (QED) is 0.610. The summed E-state index contributed by atoms with van der Waals surface area (Å²) >= 11 is 1.31. The molecular formula is C12H20N2O3S. The van der Waals surface area contributed by atoms with E-state index in [1.807, 2.05) is 11.8 Å². The Kier molecular flexibility index (Phi) is 5.55. The molecule has 0 bridgehead atoms. The number of rotatable bonds is 7. The number of hydrogen-bond acceptors (Lipinski definition) is 5. The lowest BCUT2D eigenvalue weighted by molar-refractivity contribution is -0.383. The molecule has 1 aromatic heterocycles. The van der Waals surface area contributed by atoms with Gasteiger partial charge in [0.15, 0.2) is 5.00 Å². The van der Waals surface area contributed by atoms with Crippen LogP contribution in [0.3, 0.4) is 0 Å². The van der Waals surface area contributed by atoms with Crippen molar-refractivity contribution < 1.29 is 10.0 Å².